The maximum atomic E-state index is 2.43. The zero-order chi connectivity index (χ0) is 42.8. The van der Waals surface area contributed by atoms with Crippen molar-refractivity contribution in [2.24, 2.45) is 0 Å². The minimum Gasteiger partial charge on any atom is -0.310 e. The van der Waals surface area contributed by atoms with Crippen molar-refractivity contribution in [2.45, 2.75) is 27.7 Å². The van der Waals surface area contributed by atoms with Crippen LogP contribution in [-0.2, 0) is 0 Å². The van der Waals surface area contributed by atoms with Crippen LogP contribution in [0.2, 0.25) is 0 Å². The van der Waals surface area contributed by atoms with Gasteiger partial charge in [-0.1, -0.05) is 156 Å². The van der Waals surface area contributed by atoms with Gasteiger partial charge in [0.15, 0.2) is 0 Å². The number of fused-ring (bicyclic) bond motifs is 6. The zero-order valence-electron chi connectivity index (χ0n) is 36.4. The van der Waals surface area contributed by atoms with Gasteiger partial charge in [0.1, 0.15) is 0 Å². The first kappa shape index (κ1) is 36.7. The summed E-state index contributed by atoms with van der Waals surface area (Å²) in [6.45, 7) is 8.63. The molecular formula is C62H44N2. The van der Waals surface area contributed by atoms with E-state index in [4.69, 9.17) is 0 Å². The van der Waals surface area contributed by atoms with Crippen LogP contribution in [0.15, 0.2) is 194 Å². The second-order valence-electron chi connectivity index (χ2n) is 17.9. The molecule has 0 aliphatic carbocycles. The highest BCUT2D eigenvalue weighted by Gasteiger charge is 2.25. The van der Waals surface area contributed by atoms with Gasteiger partial charge in [-0.2, -0.15) is 0 Å². The summed E-state index contributed by atoms with van der Waals surface area (Å²) in [5.41, 5.74) is 11.9. The minimum absolute atomic E-state index is 1.15. The first-order chi connectivity index (χ1) is 31.4. The second kappa shape index (κ2) is 13.8. The molecule has 0 unspecified atom stereocenters. The quantitative estimate of drug-likeness (QED) is 0.122. The Morgan fingerprint density at radius 1 is 0.203 bits per heavy atom. The molecule has 0 saturated carbocycles. The Balaban J connectivity index is 1.13. The largest absolute Gasteiger partial charge is 0.310 e. The van der Waals surface area contributed by atoms with E-state index < -0.39 is 0 Å². The van der Waals surface area contributed by atoms with E-state index in [-0.39, 0.29) is 0 Å². The molecule has 0 amide bonds. The van der Waals surface area contributed by atoms with Crippen molar-refractivity contribution in [3.63, 3.8) is 0 Å². The van der Waals surface area contributed by atoms with Crippen molar-refractivity contribution < 1.29 is 0 Å². The van der Waals surface area contributed by atoms with E-state index >= 15 is 0 Å². The average Bonchev–Trinajstić information content (AvgIpc) is 3.33. The predicted octanol–water partition coefficient (Wildman–Crippen LogP) is 18.0. The monoisotopic (exact) mass is 816 g/mol. The molecule has 13 aromatic rings. The second-order valence-corrected chi connectivity index (χ2v) is 17.9. The van der Waals surface area contributed by atoms with Gasteiger partial charge in [-0.25, -0.2) is 0 Å². The van der Waals surface area contributed by atoms with Gasteiger partial charge in [-0.15, -0.1) is 0 Å². The van der Waals surface area contributed by atoms with Gasteiger partial charge in [0.2, 0.25) is 0 Å². The minimum atomic E-state index is 1.15. The van der Waals surface area contributed by atoms with E-state index in [9.17, 15) is 0 Å². The van der Waals surface area contributed by atoms with Crippen molar-refractivity contribution in [1.29, 1.82) is 0 Å². The lowest BCUT2D eigenvalue weighted by Crippen LogP contribution is -2.10. The van der Waals surface area contributed by atoms with Crippen LogP contribution in [0.3, 0.4) is 0 Å². The summed E-state index contributed by atoms with van der Waals surface area (Å²) < 4.78 is 0. The van der Waals surface area contributed by atoms with E-state index in [1.54, 1.807) is 0 Å². The third kappa shape index (κ3) is 5.26. The molecule has 64 heavy (non-hydrogen) atoms. The molecule has 0 heterocycles. The molecule has 0 N–H and O–H groups in total. The molecule has 302 valence electrons. The highest BCUT2D eigenvalue weighted by Crippen LogP contribution is 2.53. The highest BCUT2D eigenvalue weighted by molar-refractivity contribution is 6.48. The van der Waals surface area contributed by atoms with Crippen molar-refractivity contribution in [3.8, 4) is 0 Å². The summed E-state index contributed by atoms with van der Waals surface area (Å²) in [6.07, 6.45) is 0. The Kier molecular flexibility index (Phi) is 7.90. The standard InChI is InChI=1S/C62H44N2/c1-37-17-25-41(26-18-37)63(42-27-19-38(2)20-28-42)55-35-33-47-45-9-5-16-54-59(45)61(51-13-7-11-49(55)57(47)51)53-15-6-10-46-48-34-36-56(50-12-8-14-52(58(48)50)62(54)60(46)53)64(43-29-21-39(3)22-30-43)44-31-23-40(4)24-32-44/h5-36H,1-4H3. The first-order valence-electron chi connectivity index (χ1n) is 22.4. The summed E-state index contributed by atoms with van der Waals surface area (Å²) in [5.74, 6) is 0. The van der Waals surface area contributed by atoms with E-state index in [2.05, 4.69) is 232 Å². The van der Waals surface area contributed by atoms with Gasteiger partial charge in [-0.05, 0) is 164 Å². The summed E-state index contributed by atoms with van der Waals surface area (Å²) in [6, 6.07) is 73.1. The number of hydrogen-bond acceptors (Lipinski definition) is 2. The number of anilines is 6. The average molecular weight is 817 g/mol. The van der Waals surface area contributed by atoms with Crippen molar-refractivity contribution in [2.75, 3.05) is 9.80 Å². The summed E-state index contributed by atoms with van der Waals surface area (Å²) in [4.78, 5) is 4.86. The molecule has 0 aliphatic rings. The molecule has 0 bridgehead atoms. The number of aryl methyl sites for hydroxylation is 4. The Bertz CT molecular complexity index is 3600. The Hall–Kier alpha value is -7.94. The van der Waals surface area contributed by atoms with E-state index in [0.717, 1.165) is 22.7 Å². The molecule has 0 spiro atoms. The van der Waals surface area contributed by atoms with Crippen LogP contribution in [-0.4, -0.2) is 0 Å². The topological polar surface area (TPSA) is 6.48 Å². The molecule has 0 aliphatic heterocycles. The Morgan fingerprint density at radius 2 is 0.438 bits per heavy atom. The normalized spacial score (nSPS) is 12.1. The molecule has 0 radical (unpaired) electrons. The smallest absolute Gasteiger partial charge is 0.0540 e. The first-order valence-corrected chi connectivity index (χ1v) is 22.4. The number of hydrogen-bond donors (Lipinski definition) is 0. The van der Waals surface area contributed by atoms with E-state index in [0.29, 0.717) is 0 Å². The summed E-state index contributed by atoms with van der Waals surface area (Å²) in [5, 5.41) is 20.8. The summed E-state index contributed by atoms with van der Waals surface area (Å²) in [7, 11) is 0. The Labute approximate surface area is 372 Å². The van der Waals surface area contributed by atoms with Crippen LogP contribution in [0.5, 0.6) is 0 Å². The molecular weight excluding hydrogens is 773 g/mol. The van der Waals surface area contributed by atoms with Gasteiger partial charge in [-0.3, -0.25) is 0 Å². The van der Waals surface area contributed by atoms with Crippen LogP contribution in [0, 0.1) is 27.7 Å². The van der Waals surface area contributed by atoms with Crippen molar-refractivity contribution in [1.82, 2.24) is 0 Å². The number of rotatable bonds is 6. The van der Waals surface area contributed by atoms with Crippen LogP contribution in [0.4, 0.5) is 34.1 Å². The van der Waals surface area contributed by atoms with Crippen LogP contribution in [0.1, 0.15) is 22.3 Å². The van der Waals surface area contributed by atoms with Crippen LogP contribution < -0.4 is 9.80 Å². The molecule has 2 nitrogen and oxygen atoms in total. The van der Waals surface area contributed by atoms with Gasteiger partial charge in [0, 0.05) is 33.5 Å². The van der Waals surface area contributed by atoms with Crippen molar-refractivity contribution >= 4 is 120 Å². The molecule has 0 aromatic heterocycles. The van der Waals surface area contributed by atoms with Gasteiger partial charge in [0.25, 0.3) is 0 Å². The lowest BCUT2D eigenvalue weighted by Gasteiger charge is -2.29. The fourth-order valence-corrected chi connectivity index (χ4v) is 11.0. The van der Waals surface area contributed by atoms with Gasteiger partial charge < -0.3 is 9.80 Å². The van der Waals surface area contributed by atoms with E-state index in [1.807, 2.05) is 0 Å². The van der Waals surface area contributed by atoms with Gasteiger partial charge >= 0.3 is 0 Å². The lowest BCUT2D eigenvalue weighted by molar-refractivity contribution is 1.28. The molecule has 13 aromatic carbocycles. The molecule has 2 heteroatoms. The number of nitrogens with zero attached hydrogens (tertiary/aromatic N) is 2. The van der Waals surface area contributed by atoms with Crippen molar-refractivity contribution in [3.05, 3.63) is 216 Å². The maximum Gasteiger partial charge on any atom is 0.0540 e. The molecule has 0 fully saturated rings. The third-order valence-corrected chi connectivity index (χ3v) is 14.0. The van der Waals surface area contributed by atoms with Crippen LogP contribution >= 0.6 is 0 Å². The highest BCUT2D eigenvalue weighted by atomic mass is 15.1. The third-order valence-electron chi connectivity index (χ3n) is 14.0. The number of benzene rings is 13. The summed E-state index contributed by atoms with van der Waals surface area (Å²) >= 11 is 0. The fourth-order valence-electron chi connectivity index (χ4n) is 11.0. The Morgan fingerprint density at radius 3 is 0.750 bits per heavy atom. The predicted molar refractivity (Wildman–Crippen MR) is 277 cm³/mol. The molecule has 0 saturated heterocycles. The van der Waals surface area contributed by atoms with Crippen LogP contribution in [0.25, 0.3) is 86.2 Å². The van der Waals surface area contributed by atoms with Gasteiger partial charge in [0.05, 0.1) is 11.4 Å². The van der Waals surface area contributed by atoms with E-state index in [1.165, 1.54) is 120 Å². The fraction of sp³-hybridized carbons (Fsp3) is 0.0645. The zero-order valence-corrected chi connectivity index (χ0v) is 36.4. The molecule has 13 rings (SSSR count). The maximum absolute atomic E-state index is 2.43. The lowest BCUT2D eigenvalue weighted by atomic mass is 9.81. The molecule has 0 atom stereocenters. The SMILES string of the molecule is Cc1ccc(N(c2ccc(C)cc2)c2ccc3c4cccc5c4c(c4cccc2c34)c2cccc3c4ccc(N(c6ccc(C)cc6)c6ccc(C)cc6)c6cccc(c64)c5c32)cc1.